The topological polar surface area (TPSA) is 3.24 Å². The number of hydrogen-bond donors (Lipinski definition) is 0. The fraction of sp³-hybridized carbons (Fsp3) is 0.250. The first-order valence-corrected chi connectivity index (χ1v) is 5.87. The van der Waals surface area contributed by atoms with Crippen LogP contribution in [0.15, 0.2) is 60.8 Å². The third-order valence-electron chi connectivity index (χ3n) is 3.65. The van der Waals surface area contributed by atoms with Crippen molar-refractivity contribution in [1.82, 2.24) is 0 Å². The van der Waals surface area contributed by atoms with E-state index in [-0.39, 0.29) is 5.41 Å². The molecule has 0 spiro atoms. The van der Waals surface area contributed by atoms with Crippen molar-refractivity contribution in [1.29, 1.82) is 0 Å². The van der Waals surface area contributed by atoms with Crippen LogP contribution in [0.2, 0.25) is 0 Å². The van der Waals surface area contributed by atoms with Crippen LogP contribution in [0, 0.1) is 0 Å². The molecule has 17 heavy (non-hydrogen) atoms. The van der Waals surface area contributed by atoms with Gasteiger partial charge >= 0.3 is 0 Å². The summed E-state index contributed by atoms with van der Waals surface area (Å²) in [6.07, 6.45) is 3.86. The van der Waals surface area contributed by atoms with E-state index in [1.54, 1.807) is 0 Å². The largest absolute Gasteiger partial charge is 0.344 e. The van der Waals surface area contributed by atoms with E-state index in [0.29, 0.717) is 0 Å². The standard InChI is InChI=1S/C16H19N/c1-6-12-14(7-2)17(5)15-11-9-8-10-13(15)16(12,3)4/h6-11H,1-2H2,3-5H3. The van der Waals surface area contributed by atoms with Crippen LogP contribution in [0.1, 0.15) is 19.4 Å². The van der Waals surface area contributed by atoms with Gasteiger partial charge in [0.05, 0.1) is 0 Å². The molecule has 0 saturated carbocycles. The van der Waals surface area contributed by atoms with E-state index in [4.69, 9.17) is 0 Å². The Kier molecular flexibility index (Phi) is 2.70. The summed E-state index contributed by atoms with van der Waals surface area (Å²) in [4.78, 5) is 2.19. The van der Waals surface area contributed by atoms with Gasteiger partial charge in [-0.25, -0.2) is 0 Å². The maximum absolute atomic E-state index is 3.95. The zero-order chi connectivity index (χ0) is 12.6. The number of benzene rings is 1. The van der Waals surface area contributed by atoms with Gasteiger partial charge in [0, 0.05) is 23.8 Å². The molecule has 0 N–H and O–H groups in total. The Morgan fingerprint density at radius 1 is 1.12 bits per heavy atom. The summed E-state index contributed by atoms with van der Waals surface area (Å²) in [5.41, 5.74) is 4.94. The number of para-hydroxylation sites is 1. The second-order valence-corrected chi connectivity index (χ2v) is 4.91. The second-order valence-electron chi connectivity index (χ2n) is 4.91. The van der Waals surface area contributed by atoms with E-state index in [0.717, 1.165) is 5.70 Å². The van der Waals surface area contributed by atoms with Crippen LogP contribution in [0.4, 0.5) is 5.69 Å². The maximum Gasteiger partial charge on any atom is 0.0449 e. The summed E-state index contributed by atoms with van der Waals surface area (Å²) < 4.78 is 0. The van der Waals surface area contributed by atoms with Crippen LogP contribution in [0.5, 0.6) is 0 Å². The molecular formula is C16H19N. The number of rotatable bonds is 2. The highest BCUT2D eigenvalue weighted by molar-refractivity contribution is 5.69. The van der Waals surface area contributed by atoms with Crippen LogP contribution < -0.4 is 4.90 Å². The lowest BCUT2D eigenvalue weighted by molar-refractivity contribution is 0.618. The Hall–Kier alpha value is -1.76. The van der Waals surface area contributed by atoms with Crippen molar-refractivity contribution in [3.63, 3.8) is 0 Å². The van der Waals surface area contributed by atoms with Crippen molar-refractivity contribution in [2.45, 2.75) is 19.3 Å². The van der Waals surface area contributed by atoms with Crippen LogP contribution in [-0.2, 0) is 5.41 Å². The molecule has 0 bridgehead atoms. The van der Waals surface area contributed by atoms with Crippen LogP contribution in [0.25, 0.3) is 0 Å². The highest BCUT2D eigenvalue weighted by Crippen LogP contribution is 2.44. The second kappa shape index (κ2) is 3.92. The monoisotopic (exact) mass is 225 g/mol. The highest BCUT2D eigenvalue weighted by atomic mass is 15.1. The lowest BCUT2D eigenvalue weighted by atomic mass is 9.73. The Morgan fingerprint density at radius 3 is 2.35 bits per heavy atom. The van der Waals surface area contributed by atoms with E-state index in [1.807, 2.05) is 12.2 Å². The zero-order valence-corrected chi connectivity index (χ0v) is 10.8. The average molecular weight is 225 g/mol. The molecule has 1 aliphatic heterocycles. The summed E-state index contributed by atoms with van der Waals surface area (Å²) in [5.74, 6) is 0. The lowest BCUT2D eigenvalue weighted by Crippen LogP contribution is -2.33. The van der Waals surface area contributed by atoms with Gasteiger partial charge in [0.2, 0.25) is 0 Å². The predicted octanol–water partition coefficient (Wildman–Crippen LogP) is 4.04. The summed E-state index contributed by atoms with van der Waals surface area (Å²) in [5, 5.41) is 0. The molecule has 0 amide bonds. The van der Waals surface area contributed by atoms with Gasteiger partial charge in [-0.05, 0) is 23.3 Å². The Labute approximate surface area is 104 Å². The molecule has 1 aliphatic rings. The summed E-state index contributed by atoms with van der Waals surface area (Å²) in [6, 6.07) is 8.51. The maximum atomic E-state index is 3.95. The average Bonchev–Trinajstić information content (AvgIpc) is 2.33. The Bertz CT molecular complexity index is 506. The molecule has 1 nitrogen and oxygen atoms in total. The molecule has 1 aromatic rings. The van der Waals surface area contributed by atoms with Crippen molar-refractivity contribution in [2.75, 3.05) is 11.9 Å². The number of anilines is 1. The fourth-order valence-electron chi connectivity index (χ4n) is 2.68. The van der Waals surface area contributed by atoms with Gasteiger partial charge in [-0.15, -0.1) is 0 Å². The minimum absolute atomic E-state index is 0.0195. The predicted molar refractivity (Wildman–Crippen MR) is 75.3 cm³/mol. The minimum atomic E-state index is -0.0195. The van der Waals surface area contributed by atoms with E-state index >= 15 is 0 Å². The van der Waals surface area contributed by atoms with Crippen molar-refractivity contribution < 1.29 is 0 Å². The summed E-state index contributed by atoms with van der Waals surface area (Å²) >= 11 is 0. The van der Waals surface area contributed by atoms with Gasteiger partial charge in [0.1, 0.15) is 0 Å². The van der Waals surface area contributed by atoms with Gasteiger partial charge in [0.15, 0.2) is 0 Å². The first kappa shape index (κ1) is 11.7. The van der Waals surface area contributed by atoms with E-state index in [1.165, 1.54) is 16.8 Å². The number of hydrogen-bond acceptors (Lipinski definition) is 1. The smallest absolute Gasteiger partial charge is 0.0449 e. The van der Waals surface area contributed by atoms with Crippen molar-refractivity contribution in [2.24, 2.45) is 0 Å². The molecule has 0 saturated heterocycles. The van der Waals surface area contributed by atoms with Crippen LogP contribution >= 0.6 is 0 Å². The molecule has 0 fully saturated rings. The third-order valence-corrected chi connectivity index (χ3v) is 3.65. The van der Waals surface area contributed by atoms with Gasteiger partial charge in [0.25, 0.3) is 0 Å². The first-order valence-electron chi connectivity index (χ1n) is 5.87. The lowest BCUT2D eigenvalue weighted by Gasteiger charge is -2.40. The highest BCUT2D eigenvalue weighted by Gasteiger charge is 2.34. The van der Waals surface area contributed by atoms with Crippen molar-refractivity contribution >= 4 is 5.69 Å². The molecule has 1 aromatic carbocycles. The molecule has 1 heterocycles. The minimum Gasteiger partial charge on any atom is -0.344 e. The molecule has 0 aromatic heterocycles. The molecule has 0 unspecified atom stereocenters. The van der Waals surface area contributed by atoms with Crippen molar-refractivity contribution in [3.05, 3.63) is 66.4 Å². The fourth-order valence-corrected chi connectivity index (χ4v) is 2.68. The molecule has 0 radical (unpaired) electrons. The van der Waals surface area contributed by atoms with E-state index in [2.05, 4.69) is 63.2 Å². The van der Waals surface area contributed by atoms with Crippen LogP contribution in [0.3, 0.4) is 0 Å². The van der Waals surface area contributed by atoms with E-state index in [9.17, 15) is 0 Å². The summed E-state index contributed by atoms with van der Waals surface area (Å²) in [6.45, 7) is 12.3. The molecule has 2 rings (SSSR count). The normalized spacial score (nSPS) is 17.7. The molecular weight excluding hydrogens is 206 g/mol. The number of fused-ring (bicyclic) bond motifs is 1. The number of nitrogens with zero attached hydrogens (tertiary/aromatic N) is 1. The van der Waals surface area contributed by atoms with Crippen LogP contribution in [-0.4, -0.2) is 7.05 Å². The molecule has 88 valence electrons. The Balaban J connectivity index is 2.77. The molecule has 0 aliphatic carbocycles. The van der Waals surface area contributed by atoms with Gasteiger partial charge in [-0.2, -0.15) is 0 Å². The van der Waals surface area contributed by atoms with E-state index < -0.39 is 0 Å². The molecule has 0 atom stereocenters. The molecule has 1 heteroatoms. The Morgan fingerprint density at radius 2 is 1.76 bits per heavy atom. The quantitative estimate of drug-likeness (QED) is 0.734. The van der Waals surface area contributed by atoms with Gasteiger partial charge in [-0.3, -0.25) is 0 Å². The van der Waals surface area contributed by atoms with Crippen molar-refractivity contribution in [3.8, 4) is 0 Å². The number of allylic oxidation sites excluding steroid dienone is 3. The van der Waals surface area contributed by atoms with Gasteiger partial charge in [-0.1, -0.05) is 51.3 Å². The number of likely N-dealkylation sites (N-methyl/N-ethyl adjacent to an activating group) is 1. The first-order chi connectivity index (χ1) is 8.04. The van der Waals surface area contributed by atoms with Gasteiger partial charge < -0.3 is 4.90 Å². The summed E-state index contributed by atoms with van der Waals surface area (Å²) in [7, 11) is 2.08. The SMILES string of the molecule is C=CC1=C(C=C)C(C)(C)c2ccccc2N1C. The third kappa shape index (κ3) is 1.54. The zero-order valence-electron chi connectivity index (χ0n) is 10.8.